The molecule has 0 spiro atoms. The van der Waals surface area contributed by atoms with E-state index < -0.39 is 17.7 Å². The van der Waals surface area contributed by atoms with E-state index in [9.17, 15) is 9.18 Å². The minimum Gasteiger partial charge on any atom is -0.474 e. The highest BCUT2D eigenvalue weighted by molar-refractivity contribution is 5.82. The molecule has 1 heterocycles. The highest BCUT2D eigenvalue weighted by atomic mass is 19.1. The Morgan fingerprint density at radius 1 is 1.47 bits per heavy atom. The molecule has 0 aliphatic heterocycles. The van der Waals surface area contributed by atoms with Crippen molar-refractivity contribution in [1.82, 2.24) is 10.1 Å². The van der Waals surface area contributed by atoms with E-state index in [1.807, 2.05) is 0 Å². The second kappa shape index (κ2) is 3.49. The summed E-state index contributed by atoms with van der Waals surface area (Å²) >= 11 is 0. The Bertz CT molecular complexity index is 510. The molecular weight excluding hydrogens is 203 g/mol. The van der Waals surface area contributed by atoms with Crippen LogP contribution < -0.4 is 0 Å². The van der Waals surface area contributed by atoms with E-state index in [2.05, 4.69) is 14.7 Å². The summed E-state index contributed by atoms with van der Waals surface area (Å²) in [5.41, 5.74) is 0.367. The molecule has 6 heteroatoms. The molecule has 0 fully saturated rings. The molecule has 2 rings (SSSR count). The van der Waals surface area contributed by atoms with E-state index in [0.717, 1.165) is 0 Å². The minimum absolute atomic E-state index is 0.0481. The molecule has 0 atom stereocenters. The van der Waals surface area contributed by atoms with Crippen LogP contribution in [0.25, 0.3) is 11.4 Å². The third-order valence-corrected chi connectivity index (χ3v) is 1.69. The summed E-state index contributed by atoms with van der Waals surface area (Å²) in [5, 5.41) is 11.9. The molecule has 0 aliphatic carbocycles. The lowest BCUT2D eigenvalue weighted by molar-refractivity contribution is 0.0643. The number of aromatic nitrogens is 2. The summed E-state index contributed by atoms with van der Waals surface area (Å²) in [6, 6.07) is 5.49. The van der Waals surface area contributed by atoms with E-state index in [-0.39, 0.29) is 5.82 Å². The number of carboxylic acids is 1. The number of halogens is 1. The van der Waals surface area contributed by atoms with Crippen LogP contribution in [0, 0.1) is 5.82 Å². The fraction of sp³-hybridized carbons (Fsp3) is 0. The van der Waals surface area contributed by atoms with Crippen LogP contribution in [0.5, 0.6) is 0 Å². The zero-order valence-corrected chi connectivity index (χ0v) is 7.35. The lowest BCUT2D eigenvalue weighted by Crippen LogP contribution is -1.95. The van der Waals surface area contributed by atoms with Crippen molar-refractivity contribution in [2.24, 2.45) is 0 Å². The molecule has 15 heavy (non-hydrogen) atoms. The van der Waals surface area contributed by atoms with Gasteiger partial charge in [-0.2, -0.15) is 4.98 Å². The van der Waals surface area contributed by atoms with Gasteiger partial charge in [0.2, 0.25) is 5.82 Å². The van der Waals surface area contributed by atoms with Gasteiger partial charge in [0.15, 0.2) is 0 Å². The maximum Gasteiger partial charge on any atom is 0.394 e. The molecule has 0 saturated heterocycles. The first-order chi connectivity index (χ1) is 7.16. The molecule has 76 valence electrons. The highest BCUT2D eigenvalue weighted by Gasteiger charge is 2.14. The maximum absolute atomic E-state index is 12.8. The second-order valence-electron chi connectivity index (χ2n) is 2.74. The van der Waals surface area contributed by atoms with Gasteiger partial charge in [-0.05, 0) is 12.1 Å². The Labute approximate surface area is 83.2 Å². The molecule has 0 aliphatic rings. The fourth-order valence-electron chi connectivity index (χ4n) is 1.06. The van der Waals surface area contributed by atoms with E-state index in [1.165, 1.54) is 18.2 Å². The van der Waals surface area contributed by atoms with E-state index in [4.69, 9.17) is 5.11 Å². The van der Waals surface area contributed by atoms with Gasteiger partial charge in [-0.1, -0.05) is 17.3 Å². The van der Waals surface area contributed by atoms with E-state index >= 15 is 0 Å². The Hall–Kier alpha value is -2.24. The smallest absolute Gasteiger partial charge is 0.394 e. The molecule has 0 radical (unpaired) electrons. The van der Waals surface area contributed by atoms with Crippen molar-refractivity contribution in [2.45, 2.75) is 0 Å². The second-order valence-corrected chi connectivity index (χ2v) is 2.74. The number of benzene rings is 1. The average molecular weight is 208 g/mol. The number of hydrogen-bond acceptors (Lipinski definition) is 4. The summed E-state index contributed by atoms with van der Waals surface area (Å²) < 4.78 is 17.3. The van der Waals surface area contributed by atoms with Crippen molar-refractivity contribution in [2.75, 3.05) is 0 Å². The number of carboxylic acid groups (broad SMARTS) is 1. The first-order valence-electron chi connectivity index (χ1n) is 4.00. The van der Waals surface area contributed by atoms with Crippen molar-refractivity contribution in [3.8, 4) is 11.4 Å². The van der Waals surface area contributed by atoms with E-state index in [1.54, 1.807) is 6.07 Å². The number of rotatable bonds is 2. The Morgan fingerprint density at radius 2 is 2.27 bits per heavy atom. The highest BCUT2D eigenvalue weighted by Crippen LogP contribution is 2.16. The Morgan fingerprint density at radius 3 is 2.87 bits per heavy atom. The van der Waals surface area contributed by atoms with Crippen LogP contribution in [0.2, 0.25) is 0 Å². The third-order valence-electron chi connectivity index (χ3n) is 1.69. The van der Waals surface area contributed by atoms with Crippen molar-refractivity contribution in [1.29, 1.82) is 0 Å². The van der Waals surface area contributed by atoms with Gasteiger partial charge >= 0.3 is 11.9 Å². The van der Waals surface area contributed by atoms with Crippen LogP contribution in [0.15, 0.2) is 28.8 Å². The summed E-state index contributed by atoms with van der Waals surface area (Å²) in [6.45, 7) is 0. The molecule has 1 aromatic carbocycles. The van der Waals surface area contributed by atoms with Gasteiger partial charge in [0, 0.05) is 5.56 Å². The lowest BCUT2D eigenvalue weighted by Gasteiger charge is -1.92. The quantitative estimate of drug-likeness (QED) is 0.810. The van der Waals surface area contributed by atoms with Gasteiger partial charge in [0.25, 0.3) is 0 Å². The molecule has 1 aromatic heterocycles. The van der Waals surface area contributed by atoms with Crippen LogP contribution in [0.3, 0.4) is 0 Å². The minimum atomic E-state index is -1.31. The van der Waals surface area contributed by atoms with Crippen LogP contribution >= 0.6 is 0 Å². The average Bonchev–Trinajstić information content (AvgIpc) is 2.66. The van der Waals surface area contributed by atoms with Crippen LogP contribution in [-0.2, 0) is 0 Å². The monoisotopic (exact) mass is 208 g/mol. The Kier molecular flexibility index (Phi) is 2.17. The van der Waals surface area contributed by atoms with Gasteiger partial charge in [-0.15, -0.1) is 0 Å². The molecular formula is C9H5FN2O3. The van der Waals surface area contributed by atoms with Crippen molar-refractivity contribution in [3.05, 3.63) is 36.0 Å². The number of aromatic carboxylic acids is 1. The maximum atomic E-state index is 12.8. The summed E-state index contributed by atoms with van der Waals surface area (Å²) in [6.07, 6.45) is 0. The first-order valence-corrected chi connectivity index (χ1v) is 4.00. The van der Waals surface area contributed by atoms with Crippen molar-refractivity contribution >= 4 is 5.97 Å². The number of hydrogen-bond donors (Lipinski definition) is 1. The van der Waals surface area contributed by atoms with Crippen LogP contribution in [0.1, 0.15) is 10.7 Å². The van der Waals surface area contributed by atoms with E-state index in [0.29, 0.717) is 5.56 Å². The summed E-state index contributed by atoms with van der Waals surface area (Å²) in [5.74, 6) is -2.24. The largest absolute Gasteiger partial charge is 0.474 e. The van der Waals surface area contributed by atoms with Gasteiger partial charge < -0.3 is 9.63 Å². The molecule has 1 N–H and O–H groups in total. The fourth-order valence-corrected chi connectivity index (χ4v) is 1.06. The number of carbonyl (C=O) groups is 1. The van der Waals surface area contributed by atoms with Gasteiger partial charge in [-0.25, -0.2) is 9.18 Å². The van der Waals surface area contributed by atoms with Gasteiger partial charge in [0.1, 0.15) is 5.82 Å². The predicted octanol–water partition coefficient (Wildman–Crippen LogP) is 1.57. The molecule has 2 aromatic rings. The van der Waals surface area contributed by atoms with Crippen LogP contribution in [-0.4, -0.2) is 21.2 Å². The molecule has 5 nitrogen and oxygen atoms in total. The third kappa shape index (κ3) is 1.83. The van der Waals surface area contributed by atoms with Crippen LogP contribution in [0.4, 0.5) is 4.39 Å². The van der Waals surface area contributed by atoms with Gasteiger partial charge in [0.05, 0.1) is 0 Å². The standard InChI is InChI=1S/C9H5FN2O3/c10-6-3-1-2-5(4-6)7-11-8(9(13)14)15-12-7/h1-4H,(H,13,14). The number of nitrogens with zero attached hydrogens (tertiary/aromatic N) is 2. The summed E-state index contributed by atoms with van der Waals surface area (Å²) in [7, 11) is 0. The van der Waals surface area contributed by atoms with Crippen molar-refractivity contribution in [3.63, 3.8) is 0 Å². The molecule has 0 bridgehead atoms. The molecule has 0 unspecified atom stereocenters. The molecule has 0 amide bonds. The zero-order chi connectivity index (χ0) is 10.8. The lowest BCUT2D eigenvalue weighted by atomic mass is 10.2. The summed E-state index contributed by atoms with van der Waals surface area (Å²) in [4.78, 5) is 14.0. The zero-order valence-electron chi connectivity index (χ0n) is 7.35. The van der Waals surface area contributed by atoms with Gasteiger partial charge in [-0.3, -0.25) is 0 Å². The SMILES string of the molecule is O=C(O)c1nc(-c2cccc(F)c2)no1. The first kappa shape index (κ1) is 9.32. The predicted molar refractivity (Wildman–Crippen MR) is 46.7 cm³/mol. The van der Waals surface area contributed by atoms with Crippen molar-refractivity contribution < 1.29 is 18.8 Å². The Balaban J connectivity index is 2.41. The normalized spacial score (nSPS) is 10.2. The molecule has 0 saturated carbocycles. The topological polar surface area (TPSA) is 76.2 Å².